The molecule has 5 nitrogen and oxygen atoms in total. The Morgan fingerprint density at radius 1 is 1.00 bits per heavy atom. The van der Waals surface area contributed by atoms with Gasteiger partial charge >= 0.3 is 0 Å². The zero-order valence-corrected chi connectivity index (χ0v) is 19.2. The third kappa shape index (κ3) is 6.41. The maximum atomic E-state index is 13.6. The summed E-state index contributed by atoms with van der Waals surface area (Å²) in [5.41, 5.74) is 3.02. The Hall–Kier alpha value is -3.36. The second kappa shape index (κ2) is 10.9. The van der Waals surface area contributed by atoms with Crippen LogP contribution in [0.1, 0.15) is 30.5 Å². The number of hydrogen-bond acceptors (Lipinski definition) is 4. The Balaban J connectivity index is 1.48. The molecule has 184 valence electrons. The van der Waals surface area contributed by atoms with E-state index in [1.165, 1.54) is 31.2 Å². The molecule has 0 radical (unpaired) electrons. The van der Waals surface area contributed by atoms with E-state index in [9.17, 15) is 23.1 Å². The molecule has 0 aromatic heterocycles. The summed E-state index contributed by atoms with van der Waals surface area (Å²) >= 11 is 0. The zero-order chi connectivity index (χ0) is 24.9. The minimum atomic E-state index is -1.02. The highest BCUT2D eigenvalue weighted by Gasteiger charge is 2.26. The number of ether oxygens (including phenoxy) is 1. The van der Waals surface area contributed by atoms with Gasteiger partial charge in [-0.3, -0.25) is 4.79 Å². The molecule has 3 unspecified atom stereocenters. The number of fused-ring (bicyclic) bond motifs is 1. The van der Waals surface area contributed by atoms with Crippen molar-refractivity contribution in [2.24, 2.45) is 0 Å². The molecule has 0 fully saturated rings. The number of amides is 1. The summed E-state index contributed by atoms with van der Waals surface area (Å²) in [6.07, 6.45) is -0.292. The number of hydrogen-bond donors (Lipinski definition) is 3. The van der Waals surface area contributed by atoms with Gasteiger partial charge in [-0.15, -0.1) is 0 Å². The fraction of sp³-hybridized carbons (Fsp3) is 0.296. The predicted molar refractivity (Wildman–Crippen MR) is 126 cm³/mol. The molecule has 1 aliphatic heterocycles. The number of aliphatic hydroxyl groups excluding tert-OH is 1. The van der Waals surface area contributed by atoms with Gasteiger partial charge in [-0.2, -0.15) is 0 Å². The van der Waals surface area contributed by atoms with E-state index in [-0.39, 0.29) is 30.7 Å². The molecule has 0 bridgehead atoms. The van der Waals surface area contributed by atoms with E-state index < -0.39 is 23.8 Å². The van der Waals surface area contributed by atoms with Gasteiger partial charge in [0.05, 0.1) is 18.8 Å². The number of aliphatic hydroxyl groups is 1. The van der Waals surface area contributed by atoms with E-state index in [1.807, 2.05) is 18.2 Å². The SMILES string of the molecule is CC(=O)NC(Cc1cc(F)cc(F)c1)C(O)CNC1CCOc2ccc(-c3ccc(F)cc3)cc21. The maximum absolute atomic E-state index is 13.6. The van der Waals surface area contributed by atoms with Crippen molar-refractivity contribution in [2.45, 2.75) is 38.0 Å². The van der Waals surface area contributed by atoms with E-state index in [2.05, 4.69) is 10.6 Å². The van der Waals surface area contributed by atoms with E-state index >= 15 is 0 Å². The van der Waals surface area contributed by atoms with Crippen molar-refractivity contribution in [3.05, 3.63) is 89.2 Å². The fourth-order valence-corrected chi connectivity index (χ4v) is 4.36. The van der Waals surface area contributed by atoms with E-state index in [0.29, 0.717) is 18.6 Å². The summed E-state index contributed by atoms with van der Waals surface area (Å²) in [4.78, 5) is 11.7. The number of halogens is 3. The summed E-state index contributed by atoms with van der Waals surface area (Å²) in [7, 11) is 0. The molecular formula is C27H27F3N2O3. The first-order chi connectivity index (χ1) is 16.8. The Morgan fingerprint density at radius 3 is 2.37 bits per heavy atom. The molecule has 0 aliphatic carbocycles. The van der Waals surface area contributed by atoms with Crippen LogP contribution in [0.4, 0.5) is 13.2 Å². The predicted octanol–water partition coefficient (Wildman–Crippen LogP) is 4.29. The average Bonchev–Trinajstić information content (AvgIpc) is 2.81. The van der Waals surface area contributed by atoms with Gasteiger partial charge in [0.25, 0.3) is 0 Å². The van der Waals surface area contributed by atoms with Crippen LogP contribution in [0.25, 0.3) is 11.1 Å². The van der Waals surface area contributed by atoms with Crippen LogP contribution in [0, 0.1) is 17.5 Å². The van der Waals surface area contributed by atoms with Crippen molar-refractivity contribution in [1.82, 2.24) is 10.6 Å². The van der Waals surface area contributed by atoms with Gasteiger partial charge in [0, 0.05) is 37.6 Å². The van der Waals surface area contributed by atoms with Gasteiger partial charge in [-0.25, -0.2) is 13.2 Å². The summed E-state index contributed by atoms with van der Waals surface area (Å²) in [5.74, 6) is -1.37. The van der Waals surface area contributed by atoms with Crippen LogP contribution in [0.5, 0.6) is 5.75 Å². The van der Waals surface area contributed by atoms with Gasteiger partial charge in [-0.1, -0.05) is 18.2 Å². The molecule has 35 heavy (non-hydrogen) atoms. The molecule has 0 saturated heterocycles. The van der Waals surface area contributed by atoms with Crippen molar-refractivity contribution in [2.75, 3.05) is 13.2 Å². The number of benzene rings is 3. The Kier molecular flexibility index (Phi) is 7.73. The van der Waals surface area contributed by atoms with Crippen molar-refractivity contribution in [3.8, 4) is 16.9 Å². The molecule has 1 heterocycles. The number of carbonyl (C=O) groups excluding carboxylic acids is 1. The van der Waals surface area contributed by atoms with Gasteiger partial charge in [0.1, 0.15) is 23.2 Å². The molecule has 3 N–H and O–H groups in total. The minimum absolute atomic E-state index is 0.0657. The summed E-state index contributed by atoms with van der Waals surface area (Å²) in [6.45, 7) is 1.95. The van der Waals surface area contributed by atoms with Crippen molar-refractivity contribution in [1.29, 1.82) is 0 Å². The molecule has 1 aliphatic rings. The van der Waals surface area contributed by atoms with Gasteiger partial charge in [0.15, 0.2) is 0 Å². The van der Waals surface area contributed by atoms with Gasteiger partial charge in [-0.05, 0) is 59.5 Å². The number of rotatable bonds is 8. The second-order valence-electron chi connectivity index (χ2n) is 8.71. The number of carbonyl (C=O) groups is 1. The smallest absolute Gasteiger partial charge is 0.217 e. The van der Waals surface area contributed by atoms with E-state index in [1.54, 1.807) is 12.1 Å². The molecule has 0 spiro atoms. The molecular weight excluding hydrogens is 457 g/mol. The Morgan fingerprint density at radius 2 is 1.69 bits per heavy atom. The van der Waals surface area contributed by atoms with Crippen molar-refractivity contribution >= 4 is 5.91 Å². The van der Waals surface area contributed by atoms with Crippen LogP contribution in [0.15, 0.2) is 60.7 Å². The van der Waals surface area contributed by atoms with Crippen LogP contribution in [-0.4, -0.2) is 36.3 Å². The summed E-state index contributed by atoms with van der Waals surface area (Å²) in [6, 6.07) is 14.3. The third-order valence-electron chi connectivity index (χ3n) is 6.03. The quantitative estimate of drug-likeness (QED) is 0.446. The molecule has 3 aromatic rings. The first-order valence-electron chi connectivity index (χ1n) is 11.4. The van der Waals surface area contributed by atoms with Crippen LogP contribution in [-0.2, 0) is 11.2 Å². The highest BCUT2D eigenvalue weighted by molar-refractivity contribution is 5.73. The lowest BCUT2D eigenvalue weighted by atomic mass is 9.95. The summed E-state index contributed by atoms with van der Waals surface area (Å²) < 4.78 is 46.3. The van der Waals surface area contributed by atoms with Gasteiger partial charge in [0.2, 0.25) is 5.91 Å². The Labute approximate surface area is 201 Å². The molecule has 0 saturated carbocycles. The minimum Gasteiger partial charge on any atom is -0.493 e. The lowest BCUT2D eigenvalue weighted by Crippen LogP contribution is -2.48. The Bertz CT molecular complexity index is 1170. The molecule has 8 heteroatoms. The normalized spacial score (nSPS) is 16.7. The monoisotopic (exact) mass is 484 g/mol. The van der Waals surface area contributed by atoms with Crippen LogP contribution in [0.2, 0.25) is 0 Å². The molecule has 3 aromatic carbocycles. The largest absolute Gasteiger partial charge is 0.493 e. The fourth-order valence-electron chi connectivity index (χ4n) is 4.36. The molecule has 3 atom stereocenters. The standard InChI is InChI=1S/C27H27F3N2O3/c1-16(33)32-25(12-17-10-21(29)14-22(30)11-17)26(34)15-31-24-8-9-35-27-7-4-19(13-23(24)27)18-2-5-20(28)6-3-18/h2-7,10-11,13-14,24-26,31,34H,8-9,12,15H2,1H3,(H,32,33). The second-order valence-corrected chi connectivity index (χ2v) is 8.71. The molecule has 1 amide bonds. The highest BCUT2D eigenvalue weighted by Crippen LogP contribution is 2.35. The first-order valence-corrected chi connectivity index (χ1v) is 11.4. The van der Waals surface area contributed by atoms with Crippen molar-refractivity contribution in [3.63, 3.8) is 0 Å². The molecule has 4 rings (SSSR count). The average molecular weight is 485 g/mol. The van der Waals surface area contributed by atoms with Crippen LogP contribution < -0.4 is 15.4 Å². The lowest BCUT2D eigenvalue weighted by Gasteiger charge is -2.30. The lowest BCUT2D eigenvalue weighted by molar-refractivity contribution is -0.120. The topological polar surface area (TPSA) is 70.6 Å². The zero-order valence-electron chi connectivity index (χ0n) is 19.2. The van der Waals surface area contributed by atoms with Crippen molar-refractivity contribution < 1.29 is 27.8 Å². The van der Waals surface area contributed by atoms with E-state index in [0.717, 1.165) is 28.5 Å². The number of nitrogens with one attached hydrogen (secondary N) is 2. The first kappa shape index (κ1) is 24.8. The third-order valence-corrected chi connectivity index (χ3v) is 6.03. The maximum Gasteiger partial charge on any atom is 0.217 e. The summed E-state index contributed by atoms with van der Waals surface area (Å²) in [5, 5.41) is 16.9. The highest BCUT2D eigenvalue weighted by atomic mass is 19.1. The van der Waals surface area contributed by atoms with E-state index in [4.69, 9.17) is 4.74 Å². The van der Waals surface area contributed by atoms with Gasteiger partial charge < -0.3 is 20.5 Å². The van der Waals surface area contributed by atoms with Crippen LogP contribution in [0.3, 0.4) is 0 Å². The van der Waals surface area contributed by atoms with Crippen LogP contribution >= 0.6 is 0 Å².